The molecule has 1 fully saturated rings. The quantitative estimate of drug-likeness (QED) is 0.786. The molecule has 0 atom stereocenters. The molecule has 2 heterocycles. The van der Waals surface area contributed by atoms with Gasteiger partial charge in [0, 0.05) is 0 Å². The Labute approximate surface area is 120 Å². The predicted octanol–water partition coefficient (Wildman–Crippen LogP) is 0.497. The third-order valence-corrected chi connectivity index (χ3v) is 8.42. The van der Waals surface area contributed by atoms with Gasteiger partial charge < -0.3 is 0 Å². The molecule has 6 heteroatoms. The average molecular weight is 370 g/mol. The van der Waals surface area contributed by atoms with Crippen molar-refractivity contribution in [1.29, 1.82) is 0 Å². The van der Waals surface area contributed by atoms with Gasteiger partial charge in [-0.25, -0.2) is 0 Å². The molecule has 0 aliphatic carbocycles. The summed E-state index contributed by atoms with van der Waals surface area (Å²) in [5.74, 6) is 2.05. The summed E-state index contributed by atoms with van der Waals surface area (Å²) >= 11 is -2.16. The fraction of sp³-hybridized carbons (Fsp3) is 0.692. The van der Waals surface area contributed by atoms with Crippen LogP contribution < -0.4 is 18.8 Å². The van der Waals surface area contributed by atoms with Gasteiger partial charge in [-0.1, -0.05) is 0 Å². The Morgan fingerprint density at radius 2 is 1.84 bits per heavy atom. The van der Waals surface area contributed by atoms with E-state index in [9.17, 15) is 0 Å². The summed E-state index contributed by atoms with van der Waals surface area (Å²) in [5.41, 5.74) is 0. The monoisotopic (exact) mass is 371 g/mol. The van der Waals surface area contributed by atoms with Crippen LogP contribution in [0, 0.1) is 0 Å². The third kappa shape index (κ3) is 3.50. The third-order valence-electron chi connectivity index (χ3n) is 3.34. The van der Waals surface area contributed by atoms with Crippen molar-refractivity contribution in [3.05, 3.63) is 6.20 Å². The number of aromatic nitrogens is 2. The molecule has 1 aliphatic rings. The number of hydrogen-bond acceptors (Lipinski definition) is 5. The Balaban J connectivity index is 2.41. The minimum atomic E-state index is -2.16. The first-order valence-electron chi connectivity index (χ1n) is 6.90. The molecule has 1 aromatic heterocycles. The van der Waals surface area contributed by atoms with Crippen molar-refractivity contribution in [3.8, 4) is 0 Å². The van der Waals surface area contributed by atoms with Crippen molar-refractivity contribution in [1.82, 2.24) is 15.3 Å². The van der Waals surface area contributed by atoms with Crippen molar-refractivity contribution in [2.75, 3.05) is 50.1 Å². The first kappa shape index (κ1) is 14.8. The summed E-state index contributed by atoms with van der Waals surface area (Å²) in [5, 5.41) is 3.39. The second-order valence-corrected chi connectivity index (χ2v) is 20.6. The van der Waals surface area contributed by atoms with Crippen LogP contribution in [0.5, 0.6) is 0 Å². The Kier molecular flexibility index (Phi) is 4.55. The standard InChI is InChI=1S/C10H16N5.3CH3.Sn/c1-14(2)9-10(13-4-3-12-9)15-7-5-11-6-8-15;;;;/h3,11H,5-8H2,1-2H3;3*1H3;. The molecule has 0 saturated carbocycles. The van der Waals surface area contributed by atoms with Crippen LogP contribution in [0.3, 0.4) is 0 Å². The Morgan fingerprint density at radius 1 is 1.21 bits per heavy atom. The molecule has 0 spiro atoms. The van der Waals surface area contributed by atoms with Crippen LogP contribution in [0.2, 0.25) is 14.8 Å². The van der Waals surface area contributed by atoms with E-state index in [2.05, 4.69) is 34.9 Å². The van der Waals surface area contributed by atoms with Gasteiger partial charge in [0.05, 0.1) is 0 Å². The second kappa shape index (κ2) is 5.83. The van der Waals surface area contributed by atoms with Gasteiger partial charge in [0.25, 0.3) is 0 Å². The van der Waals surface area contributed by atoms with E-state index in [-0.39, 0.29) is 0 Å². The van der Waals surface area contributed by atoms with Gasteiger partial charge in [-0.05, 0) is 0 Å². The van der Waals surface area contributed by atoms with Crippen molar-refractivity contribution in [3.63, 3.8) is 0 Å². The molecule has 0 aromatic carbocycles. The fourth-order valence-corrected chi connectivity index (χ4v) is 4.69. The van der Waals surface area contributed by atoms with Gasteiger partial charge >= 0.3 is 120 Å². The van der Waals surface area contributed by atoms with Crippen LogP contribution in [-0.2, 0) is 0 Å². The van der Waals surface area contributed by atoms with E-state index < -0.39 is 18.4 Å². The molecule has 0 radical (unpaired) electrons. The van der Waals surface area contributed by atoms with Crippen LogP contribution in [0.4, 0.5) is 11.6 Å². The Morgan fingerprint density at radius 3 is 2.37 bits per heavy atom. The predicted molar refractivity (Wildman–Crippen MR) is 84.4 cm³/mol. The molecule has 0 unspecified atom stereocenters. The minimum absolute atomic E-state index is 0.987. The molecule has 5 nitrogen and oxygen atoms in total. The molecule has 1 aromatic rings. The van der Waals surface area contributed by atoms with Crippen LogP contribution in [0.1, 0.15) is 0 Å². The summed E-state index contributed by atoms with van der Waals surface area (Å²) in [6.07, 6.45) is 2.00. The van der Waals surface area contributed by atoms with E-state index >= 15 is 0 Å². The molecule has 1 saturated heterocycles. The topological polar surface area (TPSA) is 44.3 Å². The van der Waals surface area contributed by atoms with E-state index in [0.29, 0.717) is 0 Å². The number of piperazine rings is 1. The van der Waals surface area contributed by atoms with Gasteiger partial charge in [0.2, 0.25) is 0 Å². The first-order chi connectivity index (χ1) is 8.89. The number of anilines is 2. The van der Waals surface area contributed by atoms with Crippen molar-refractivity contribution in [2.24, 2.45) is 0 Å². The van der Waals surface area contributed by atoms with Crippen molar-refractivity contribution in [2.45, 2.75) is 14.8 Å². The molecule has 19 heavy (non-hydrogen) atoms. The molecule has 0 amide bonds. The fourth-order valence-electron chi connectivity index (χ4n) is 2.14. The number of rotatable bonds is 3. The van der Waals surface area contributed by atoms with Crippen LogP contribution in [0.15, 0.2) is 6.20 Å². The van der Waals surface area contributed by atoms with E-state index in [0.717, 1.165) is 37.8 Å². The SMILES string of the molecule is CN(C)c1nc[c]([Sn]([CH3])([CH3])[CH3])nc1N1CCNCC1. The van der Waals surface area contributed by atoms with Gasteiger partial charge in [-0.3, -0.25) is 0 Å². The van der Waals surface area contributed by atoms with Gasteiger partial charge in [-0.15, -0.1) is 0 Å². The van der Waals surface area contributed by atoms with E-state index in [1.54, 1.807) is 0 Å². The van der Waals surface area contributed by atoms with Gasteiger partial charge in [-0.2, -0.15) is 0 Å². The van der Waals surface area contributed by atoms with Crippen LogP contribution >= 0.6 is 0 Å². The average Bonchev–Trinajstić information content (AvgIpc) is 2.38. The molecular weight excluding hydrogens is 345 g/mol. The normalized spacial score (nSPS) is 16.6. The van der Waals surface area contributed by atoms with Crippen molar-refractivity contribution >= 4 is 33.7 Å². The number of hydrogen-bond donors (Lipinski definition) is 1. The van der Waals surface area contributed by atoms with Crippen LogP contribution in [-0.4, -0.2) is 68.6 Å². The van der Waals surface area contributed by atoms with Gasteiger partial charge in [0.1, 0.15) is 0 Å². The first-order valence-corrected chi connectivity index (χ1v) is 16.9. The second-order valence-electron chi connectivity index (χ2n) is 6.28. The van der Waals surface area contributed by atoms with Crippen molar-refractivity contribution < 1.29 is 0 Å². The summed E-state index contributed by atoms with van der Waals surface area (Å²) in [6, 6.07) is 0. The summed E-state index contributed by atoms with van der Waals surface area (Å²) in [6.45, 7) is 4.08. The molecule has 2 rings (SSSR count). The maximum atomic E-state index is 4.98. The molecule has 0 bridgehead atoms. The summed E-state index contributed by atoms with van der Waals surface area (Å²) < 4.78 is 1.26. The zero-order valence-electron chi connectivity index (χ0n) is 12.7. The molecule has 1 N–H and O–H groups in total. The van der Waals surface area contributed by atoms with Crippen LogP contribution in [0.25, 0.3) is 0 Å². The maximum absolute atomic E-state index is 4.98. The van der Waals surface area contributed by atoms with E-state index in [1.165, 1.54) is 3.71 Å². The zero-order chi connectivity index (χ0) is 14.0. The summed E-state index contributed by atoms with van der Waals surface area (Å²) in [4.78, 5) is 21.2. The zero-order valence-corrected chi connectivity index (χ0v) is 15.5. The van der Waals surface area contributed by atoms with Gasteiger partial charge in [0.15, 0.2) is 0 Å². The molecular formula is C13H25N5Sn. The summed E-state index contributed by atoms with van der Waals surface area (Å²) in [7, 11) is 4.07. The number of nitrogens with zero attached hydrogens (tertiary/aromatic N) is 4. The van der Waals surface area contributed by atoms with E-state index in [1.807, 2.05) is 20.3 Å². The van der Waals surface area contributed by atoms with E-state index in [4.69, 9.17) is 4.98 Å². The Bertz CT molecular complexity index is 435. The number of nitrogens with one attached hydrogen (secondary N) is 1. The Hall–Kier alpha value is -0.561. The molecule has 106 valence electrons. The molecule has 1 aliphatic heterocycles.